The lowest BCUT2D eigenvalue weighted by Crippen LogP contribution is -2.02. The number of nitrogens with zero attached hydrogens (tertiary/aromatic N) is 1. The van der Waals surface area contributed by atoms with Gasteiger partial charge in [0.25, 0.3) is 0 Å². The van der Waals surface area contributed by atoms with Gasteiger partial charge in [-0.3, -0.25) is 4.98 Å². The van der Waals surface area contributed by atoms with Crippen molar-refractivity contribution in [2.45, 2.75) is 27.7 Å². The number of esters is 1. The van der Waals surface area contributed by atoms with Crippen LogP contribution in [0.3, 0.4) is 0 Å². The first-order valence-corrected chi connectivity index (χ1v) is 6.73. The van der Waals surface area contributed by atoms with Gasteiger partial charge in [-0.05, 0) is 49.2 Å². The molecule has 3 nitrogen and oxygen atoms in total. The molecule has 0 N–H and O–H groups in total. The van der Waals surface area contributed by atoms with Gasteiger partial charge >= 0.3 is 5.97 Å². The van der Waals surface area contributed by atoms with E-state index in [0.29, 0.717) is 5.56 Å². The van der Waals surface area contributed by atoms with Crippen LogP contribution in [0, 0.1) is 13.8 Å². The van der Waals surface area contributed by atoms with E-state index in [1.165, 1.54) is 7.11 Å². The standard InChI is InChI=1S/C15H15NO2.C2H6/c1-10-4-5-14(16-9-10)12-6-11(2)7-13(8-12)15(17)18-3;1-2/h4-9H,1-3H3;1-2H3. The predicted octanol–water partition coefficient (Wildman–Crippen LogP) is 4.18. The molecule has 0 aliphatic carbocycles. The summed E-state index contributed by atoms with van der Waals surface area (Å²) < 4.78 is 4.74. The van der Waals surface area contributed by atoms with Gasteiger partial charge in [-0.2, -0.15) is 0 Å². The Bertz CT molecular complexity index is 574. The summed E-state index contributed by atoms with van der Waals surface area (Å²) in [5.74, 6) is -0.327. The first kappa shape index (κ1) is 15.9. The number of pyridine rings is 1. The molecule has 20 heavy (non-hydrogen) atoms. The minimum absolute atomic E-state index is 0.327. The highest BCUT2D eigenvalue weighted by molar-refractivity contribution is 5.91. The minimum atomic E-state index is -0.327. The van der Waals surface area contributed by atoms with Crippen LogP contribution in [0.15, 0.2) is 36.5 Å². The maximum atomic E-state index is 11.6. The average molecular weight is 271 g/mol. The second-order valence-electron chi connectivity index (χ2n) is 4.30. The summed E-state index contributed by atoms with van der Waals surface area (Å²) in [6, 6.07) is 9.57. The third kappa shape index (κ3) is 3.92. The lowest BCUT2D eigenvalue weighted by molar-refractivity contribution is 0.0600. The number of aromatic nitrogens is 1. The van der Waals surface area contributed by atoms with Crippen LogP contribution in [0.25, 0.3) is 11.3 Å². The number of hydrogen-bond donors (Lipinski definition) is 0. The first-order chi connectivity index (χ1) is 9.60. The molecule has 2 rings (SSSR count). The number of rotatable bonds is 2. The van der Waals surface area contributed by atoms with Crippen LogP contribution < -0.4 is 0 Å². The second kappa shape index (κ2) is 7.43. The third-order valence-electron chi connectivity index (χ3n) is 2.71. The molecule has 106 valence electrons. The maximum absolute atomic E-state index is 11.6. The summed E-state index contributed by atoms with van der Waals surface area (Å²) in [6.45, 7) is 7.94. The first-order valence-electron chi connectivity index (χ1n) is 6.73. The summed E-state index contributed by atoms with van der Waals surface area (Å²) in [4.78, 5) is 15.9. The Morgan fingerprint density at radius 2 is 1.75 bits per heavy atom. The SMILES string of the molecule is CC.COC(=O)c1cc(C)cc(-c2ccc(C)cn2)c1. The van der Waals surface area contributed by atoms with E-state index >= 15 is 0 Å². The van der Waals surface area contributed by atoms with Crippen LogP contribution >= 0.6 is 0 Å². The quantitative estimate of drug-likeness (QED) is 0.769. The van der Waals surface area contributed by atoms with Crippen LogP contribution in [-0.4, -0.2) is 18.1 Å². The van der Waals surface area contributed by atoms with Gasteiger partial charge in [0.05, 0.1) is 18.4 Å². The summed E-state index contributed by atoms with van der Waals surface area (Å²) in [5, 5.41) is 0. The van der Waals surface area contributed by atoms with E-state index in [4.69, 9.17) is 4.74 Å². The van der Waals surface area contributed by atoms with Crippen LogP contribution in [0.2, 0.25) is 0 Å². The molecular weight excluding hydrogens is 250 g/mol. The van der Waals surface area contributed by atoms with Gasteiger partial charge in [0.2, 0.25) is 0 Å². The van der Waals surface area contributed by atoms with E-state index in [9.17, 15) is 4.79 Å². The van der Waals surface area contributed by atoms with Crippen molar-refractivity contribution >= 4 is 5.97 Å². The number of benzene rings is 1. The van der Waals surface area contributed by atoms with Crippen LogP contribution in [-0.2, 0) is 4.74 Å². The third-order valence-corrected chi connectivity index (χ3v) is 2.71. The second-order valence-corrected chi connectivity index (χ2v) is 4.30. The molecule has 1 aromatic carbocycles. The van der Waals surface area contributed by atoms with Crippen LogP contribution in [0.1, 0.15) is 35.3 Å². The molecule has 0 saturated carbocycles. The summed E-state index contributed by atoms with van der Waals surface area (Å²) in [5.41, 5.74) is 4.45. The number of carbonyl (C=O) groups is 1. The van der Waals surface area contributed by atoms with Gasteiger partial charge in [-0.1, -0.05) is 19.9 Å². The number of aryl methyl sites for hydroxylation is 2. The fraction of sp³-hybridized carbons (Fsp3) is 0.294. The molecule has 0 atom stereocenters. The minimum Gasteiger partial charge on any atom is -0.465 e. The fourth-order valence-corrected chi connectivity index (χ4v) is 1.81. The van der Waals surface area contributed by atoms with E-state index in [-0.39, 0.29) is 5.97 Å². The lowest BCUT2D eigenvalue weighted by atomic mass is 10.0. The lowest BCUT2D eigenvalue weighted by Gasteiger charge is -2.06. The fourth-order valence-electron chi connectivity index (χ4n) is 1.81. The van der Waals surface area contributed by atoms with E-state index < -0.39 is 0 Å². The molecule has 0 fully saturated rings. The molecule has 3 heteroatoms. The van der Waals surface area contributed by atoms with Gasteiger partial charge in [-0.15, -0.1) is 0 Å². The molecule has 1 aromatic heterocycles. The zero-order valence-corrected chi connectivity index (χ0v) is 12.7. The Kier molecular flexibility index (Phi) is 5.91. The number of methoxy groups -OCH3 is 1. The molecular formula is C17H21NO2. The smallest absolute Gasteiger partial charge is 0.337 e. The highest BCUT2D eigenvalue weighted by Gasteiger charge is 2.09. The molecule has 0 amide bonds. The summed E-state index contributed by atoms with van der Waals surface area (Å²) in [7, 11) is 1.38. The normalized spacial score (nSPS) is 9.45. The van der Waals surface area contributed by atoms with Gasteiger partial charge in [0.1, 0.15) is 0 Å². The van der Waals surface area contributed by atoms with Crippen molar-refractivity contribution in [2.75, 3.05) is 7.11 Å². The van der Waals surface area contributed by atoms with Crippen molar-refractivity contribution in [1.82, 2.24) is 4.98 Å². The molecule has 0 unspecified atom stereocenters. The van der Waals surface area contributed by atoms with Crippen LogP contribution in [0.5, 0.6) is 0 Å². The van der Waals surface area contributed by atoms with Crippen molar-refractivity contribution < 1.29 is 9.53 Å². The molecule has 0 bridgehead atoms. The topological polar surface area (TPSA) is 39.2 Å². The van der Waals surface area contributed by atoms with Crippen molar-refractivity contribution in [3.63, 3.8) is 0 Å². The Labute approximate surface area is 120 Å². The average Bonchev–Trinajstić information content (AvgIpc) is 2.48. The van der Waals surface area contributed by atoms with Gasteiger partial charge < -0.3 is 4.74 Å². The summed E-state index contributed by atoms with van der Waals surface area (Å²) in [6.07, 6.45) is 1.81. The van der Waals surface area contributed by atoms with Crippen LogP contribution in [0.4, 0.5) is 0 Å². The molecule has 0 aliphatic rings. The monoisotopic (exact) mass is 271 g/mol. The Hall–Kier alpha value is -2.16. The number of ether oxygens (including phenoxy) is 1. The number of carbonyl (C=O) groups excluding carboxylic acids is 1. The van der Waals surface area contributed by atoms with Crippen molar-refractivity contribution in [1.29, 1.82) is 0 Å². The Balaban J connectivity index is 0.000000956. The Morgan fingerprint density at radius 1 is 1.05 bits per heavy atom. The van der Waals surface area contributed by atoms with Gasteiger partial charge in [-0.25, -0.2) is 4.79 Å². The Morgan fingerprint density at radius 3 is 2.30 bits per heavy atom. The van der Waals surface area contributed by atoms with Crippen molar-refractivity contribution in [2.24, 2.45) is 0 Å². The highest BCUT2D eigenvalue weighted by atomic mass is 16.5. The van der Waals surface area contributed by atoms with Gasteiger partial charge in [0.15, 0.2) is 0 Å². The van der Waals surface area contributed by atoms with E-state index in [2.05, 4.69) is 4.98 Å². The van der Waals surface area contributed by atoms with E-state index in [0.717, 1.165) is 22.4 Å². The predicted molar refractivity (Wildman–Crippen MR) is 81.8 cm³/mol. The summed E-state index contributed by atoms with van der Waals surface area (Å²) >= 11 is 0. The maximum Gasteiger partial charge on any atom is 0.337 e. The zero-order chi connectivity index (χ0) is 15.1. The molecule has 0 saturated heterocycles. The molecule has 2 aromatic rings. The molecule has 0 aliphatic heterocycles. The molecule has 1 heterocycles. The molecule has 0 spiro atoms. The molecule has 0 radical (unpaired) electrons. The van der Waals surface area contributed by atoms with Crippen molar-refractivity contribution in [3.05, 3.63) is 53.2 Å². The van der Waals surface area contributed by atoms with E-state index in [1.54, 1.807) is 6.07 Å². The number of hydrogen-bond acceptors (Lipinski definition) is 3. The zero-order valence-electron chi connectivity index (χ0n) is 12.7. The largest absolute Gasteiger partial charge is 0.465 e. The van der Waals surface area contributed by atoms with Gasteiger partial charge in [0, 0.05) is 11.8 Å². The van der Waals surface area contributed by atoms with E-state index in [1.807, 2.05) is 58.2 Å². The highest BCUT2D eigenvalue weighted by Crippen LogP contribution is 2.21. The van der Waals surface area contributed by atoms with Crippen molar-refractivity contribution in [3.8, 4) is 11.3 Å².